The van der Waals surface area contributed by atoms with Gasteiger partial charge < -0.3 is 5.32 Å². The second-order valence-corrected chi connectivity index (χ2v) is 5.57. The summed E-state index contributed by atoms with van der Waals surface area (Å²) in [6.45, 7) is 4.33. The zero-order valence-corrected chi connectivity index (χ0v) is 10.1. The molecule has 1 aromatic rings. The highest BCUT2D eigenvalue weighted by Gasteiger charge is 2.35. The van der Waals surface area contributed by atoms with Gasteiger partial charge in [-0.05, 0) is 29.9 Å². The molecule has 82 valence electrons. The molecular weight excluding hydrogens is 234 g/mol. The van der Waals surface area contributed by atoms with E-state index in [1.807, 2.05) is 0 Å². The second-order valence-electron chi connectivity index (χ2n) is 4.01. The Labute approximate surface area is 97.0 Å². The third-order valence-corrected chi connectivity index (χ3v) is 4.09. The highest BCUT2D eigenvalue weighted by Crippen LogP contribution is 2.33. The van der Waals surface area contributed by atoms with Crippen molar-refractivity contribution >= 4 is 28.8 Å². The quantitative estimate of drug-likeness (QED) is 0.867. The first-order chi connectivity index (χ1) is 7.08. The average molecular weight is 246 g/mol. The second kappa shape index (κ2) is 4.06. The van der Waals surface area contributed by atoms with Gasteiger partial charge in [-0.2, -0.15) is 0 Å². The van der Waals surface area contributed by atoms with Gasteiger partial charge >= 0.3 is 0 Å². The SMILES string of the molecule is CC1CC(NC(=O)c2nnc(Cl)s2)C1C. The third-order valence-electron chi connectivity index (χ3n) is 3.07. The molecule has 0 saturated heterocycles. The van der Waals surface area contributed by atoms with Crippen LogP contribution >= 0.6 is 22.9 Å². The van der Waals surface area contributed by atoms with E-state index in [0.29, 0.717) is 21.3 Å². The van der Waals surface area contributed by atoms with E-state index in [1.165, 1.54) is 0 Å². The van der Waals surface area contributed by atoms with E-state index in [-0.39, 0.29) is 11.9 Å². The molecule has 3 atom stereocenters. The maximum atomic E-state index is 11.7. The molecular formula is C9H12ClN3OS. The van der Waals surface area contributed by atoms with Crippen molar-refractivity contribution in [3.63, 3.8) is 0 Å². The fraction of sp³-hybridized carbons (Fsp3) is 0.667. The van der Waals surface area contributed by atoms with Gasteiger partial charge in [-0.1, -0.05) is 25.2 Å². The Bertz CT molecular complexity index is 381. The molecule has 0 bridgehead atoms. The molecule has 3 unspecified atom stereocenters. The Balaban J connectivity index is 1.93. The van der Waals surface area contributed by atoms with E-state index in [1.54, 1.807) is 0 Å². The Morgan fingerprint density at radius 3 is 2.73 bits per heavy atom. The van der Waals surface area contributed by atoms with Crippen molar-refractivity contribution in [1.82, 2.24) is 15.5 Å². The van der Waals surface area contributed by atoms with Gasteiger partial charge in [0.15, 0.2) is 0 Å². The van der Waals surface area contributed by atoms with Crippen molar-refractivity contribution in [3.05, 3.63) is 9.47 Å². The van der Waals surface area contributed by atoms with E-state index in [2.05, 4.69) is 29.4 Å². The largest absolute Gasteiger partial charge is 0.347 e. The molecule has 2 rings (SSSR count). The number of nitrogens with zero attached hydrogens (tertiary/aromatic N) is 2. The molecule has 15 heavy (non-hydrogen) atoms. The monoisotopic (exact) mass is 245 g/mol. The highest BCUT2D eigenvalue weighted by atomic mass is 35.5. The lowest BCUT2D eigenvalue weighted by Gasteiger charge is -2.40. The van der Waals surface area contributed by atoms with Gasteiger partial charge in [-0.3, -0.25) is 4.79 Å². The van der Waals surface area contributed by atoms with Crippen LogP contribution in [-0.2, 0) is 0 Å². The summed E-state index contributed by atoms with van der Waals surface area (Å²) in [7, 11) is 0. The maximum absolute atomic E-state index is 11.7. The molecule has 1 aliphatic carbocycles. The molecule has 6 heteroatoms. The Morgan fingerprint density at radius 1 is 1.53 bits per heavy atom. The minimum absolute atomic E-state index is 0.164. The van der Waals surface area contributed by atoms with E-state index >= 15 is 0 Å². The van der Waals surface area contributed by atoms with Crippen molar-refractivity contribution < 1.29 is 4.79 Å². The van der Waals surface area contributed by atoms with Crippen LogP contribution in [0.1, 0.15) is 30.1 Å². The molecule has 1 N–H and O–H groups in total. The van der Waals surface area contributed by atoms with Crippen molar-refractivity contribution in [2.45, 2.75) is 26.3 Å². The fourth-order valence-corrected chi connectivity index (χ4v) is 2.48. The number of carbonyl (C=O) groups is 1. The summed E-state index contributed by atoms with van der Waals surface area (Å²) in [5.41, 5.74) is 0. The third kappa shape index (κ3) is 2.13. The molecule has 0 aromatic carbocycles. The number of halogens is 1. The zero-order valence-electron chi connectivity index (χ0n) is 8.53. The Morgan fingerprint density at radius 2 is 2.27 bits per heavy atom. The minimum atomic E-state index is -0.164. The standard InChI is InChI=1S/C9H12ClN3OS/c1-4-3-6(5(4)2)11-7(14)8-12-13-9(10)15-8/h4-6H,3H2,1-2H3,(H,11,14). The number of nitrogens with one attached hydrogen (secondary N) is 1. The summed E-state index contributed by atoms with van der Waals surface area (Å²) in [6.07, 6.45) is 1.04. The van der Waals surface area contributed by atoms with Gasteiger partial charge in [0.05, 0.1) is 0 Å². The van der Waals surface area contributed by atoms with Gasteiger partial charge in [0.2, 0.25) is 9.47 Å². The molecule has 1 amide bonds. The Kier molecular flexibility index (Phi) is 2.93. The van der Waals surface area contributed by atoms with Crippen LogP contribution in [0.4, 0.5) is 0 Å². The van der Waals surface area contributed by atoms with Crippen LogP contribution in [0, 0.1) is 11.8 Å². The van der Waals surface area contributed by atoms with Gasteiger partial charge in [-0.25, -0.2) is 0 Å². The van der Waals surface area contributed by atoms with E-state index < -0.39 is 0 Å². The van der Waals surface area contributed by atoms with Crippen LogP contribution in [0.15, 0.2) is 0 Å². The number of hydrogen-bond acceptors (Lipinski definition) is 4. The van der Waals surface area contributed by atoms with Crippen LogP contribution in [-0.4, -0.2) is 22.1 Å². The number of rotatable bonds is 2. The van der Waals surface area contributed by atoms with Crippen LogP contribution in [0.3, 0.4) is 0 Å². The number of aromatic nitrogens is 2. The molecule has 4 nitrogen and oxygen atoms in total. The topological polar surface area (TPSA) is 54.9 Å². The number of amides is 1. The molecule has 0 aliphatic heterocycles. The molecule has 0 radical (unpaired) electrons. The van der Waals surface area contributed by atoms with Crippen molar-refractivity contribution in [2.75, 3.05) is 0 Å². The molecule has 0 spiro atoms. The minimum Gasteiger partial charge on any atom is -0.347 e. The first kappa shape index (κ1) is 10.8. The van der Waals surface area contributed by atoms with Crippen molar-refractivity contribution in [1.29, 1.82) is 0 Å². The number of carbonyl (C=O) groups excluding carboxylic acids is 1. The highest BCUT2D eigenvalue weighted by molar-refractivity contribution is 7.17. The van der Waals surface area contributed by atoms with Crippen molar-refractivity contribution in [2.24, 2.45) is 11.8 Å². The molecule has 1 heterocycles. The summed E-state index contributed by atoms with van der Waals surface area (Å²) < 4.78 is 0.301. The summed E-state index contributed by atoms with van der Waals surface area (Å²) in [5.74, 6) is 1.06. The van der Waals surface area contributed by atoms with Gasteiger partial charge in [0.1, 0.15) is 0 Å². The maximum Gasteiger partial charge on any atom is 0.282 e. The lowest BCUT2D eigenvalue weighted by Crippen LogP contribution is -2.50. The van der Waals surface area contributed by atoms with Crippen LogP contribution in [0.2, 0.25) is 4.47 Å². The smallest absolute Gasteiger partial charge is 0.282 e. The molecule has 1 aromatic heterocycles. The summed E-state index contributed by atoms with van der Waals surface area (Å²) in [5, 5.41) is 10.6. The molecule has 1 saturated carbocycles. The van der Waals surface area contributed by atoms with E-state index in [4.69, 9.17) is 11.6 Å². The summed E-state index contributed by atoms with van der Waals surface area (Å²) >= 11 is 6.71. The summed E-state index contributed by atoms with van der Waals surface area (Å²) in [6, 6.07) is 0.273. The summed E-state index contributed by atoms with van der Waals surface area (Å²) in [4.78, 5) is 11.7. The fourth-order valence-electron chi connectivity index (χ4n) is 1.75. The predicted octanol–water partition coefficient (Wildman–Crippen LogP) is 1.97. The average Bonchev–Trinajstić information content (AvgIpc) is 2.64. The van der Waals surface area contributed by atoms with E-state index in [0.717, 1.165) is 17.8 Å². The van der Waals surface area contributed by atoms with Gasteiger partial charge in [0, 0.05) is 6.04 Å². The predicted molar refractivity (Wildman–Crippen MR) is 59.1 cm³/mol. The zero-order chi connectivity index (χ0) is 11.0. The van der Waals surface area contributed by atoms with Gasteiger partial charge in [-0.15, -0.1) is 10.2 Å². The van der Waals surface area contributed by atoms with Crippen LogP contribution in [0.25, 0.3) is 0 Å². The number of hydrogen-bond donors (Lipinski definition) is 1. The van der Waals surface area contributed by atoms with Crippen LogP contribution in [0.5, 0.6) is 0 Å². The lowest BCUT2D eigenvalue weighted by atomic mass is 9.71. The van der Waals surface area contributed by atoms with Crippen molar-refractivity contribution in [3.8, 4) is 0 Å². The van der Waals surface area contributed by atoms with Gasteiger partial charge in [0.25, 0.3) is 5.91 Å². The first-order valence-corrected chi connectivity index (χ1v) is 6.07. The van der Waals surface area contributed by atoms with Crippen LogP contribution < -0.4 is 5.32 Å². The normalized spacial score (nSPS) is 29.7. The first-order valence-electron chi connectivity index (χ1n) is 4.88. The Hall–Kier alpha value is -0.680. The molecule has 1 aliphatic rings. The van der Waals surface area contributed by atoms with E-state index in [9.17, 15) is 4.79 Å². The molecule has 1 fully saturated rings. The lowest BCUT2D eigenvalue weighted by molar-refractivity contribution is 0.0806.